The second-order valence-electron chi connectivity index (χ2n) is 13.1. The minimum atomic E-state index is -0.634. The Morgan fingerprint density at radius 1 is 1.16 bits per heavy atom. The van der Waals surface area contributed by atoms with Gasteiger partial charge in [0, 0.05) is 54.7 Å². The third kappa shape index (κ3) is 9.07. The lowest BCUT2D eigenvalue weighted by molar-refractivity contribution is -0.120. The number of hydrogen-bond donors (Lipinski definition) is 1. The molecule has 0 spiro atoms. The molecule has 4 rings (SSSR count). The summed E-state index contributed by atoms with van der Waals surface area (Å²) in [4.78, 5) is 26.2. The van der Waals surface area contributed by atoms with Gasteiger partial charge < -0.3 is 19.4 Å². The summed E-state index contributed by atoms with van der Waals surface area (Å²) < 4.78 is 29.1. The lowest BCUT2D eigenvalue weighted by Crippen LogP contribution is -2.41. The zero-order chi connectivity index (χ0) is 32.0. The normalized spacial score (nSPS) is 17.9. The smallest absolute Gasteiger partial charge is 0.407 e. The first kappa shape index (κ1) is 34.5. The molecule has 240 valence electrons. The Morgan fingerprint density at radius 3 is 2.57 bits per heavy atom. The van der Waals surface area contributed by atoms with Crippen molar-refractivity contribution in [3.63, 3.8) is 0 Å². The van der Waals surface area contributed by atoms with E-state index in [-0.39, 0.29) is 35.9 Å². The molecule has 9 heteroatoms. The highest BCUT2D eigenvalue weighted by Gasteiger charge is 2.31. The number of carbonyl (C=O) groups is 2. The van der Waals surface area contributed by atoms with E-state index in [0.717, 1.165) is 58.9 Å². The van der Waals surface area contributed by atoms with E-state index < -0.39 is 11.7 Å². The summed E-state index contributed by atoms with van der Waals surface area (Å²) in [6.07, 6.45) is 5.27. The van der Waals surface area contributed by atoms with Crippen LogP contribution in [0.5, 0.6) is 0 Å². The average molecular weight is 692 g/mol. The molecular formula is C35H45BrClFN2O4. The number of carbonyl (C=O) groups excluding carboxylic acids is 2. The fourth-order valence-electron chi connectivity index (χ4n) is 6.70. The van der Waals surface area contributed by atoms with Crippen LogP contribution >= 0.6 is 27.5 Å². The fourth-order valence-corrected chi connectivity index (χ4v) is 7.22. The van der Waals surface area contributed by atoms with Crippen LogP contribution in [-0.2, 0) is 27.2 Å². The Labute approximate surface area is 274 Å². The number of benzene rings is 2. The molecule has 6 nitrogen and oxygen atoms in total. The molecule has 3 atom stereocenters. The zero-order valence-corrected chi connectivity index (χ0v) is 28.8. The summed E-state index contributed by atoms with van der Waals surface area (Å²) in [5, 5.41) is 4.09. The summed E-state index contributed by atoms with van der Waals surface area (Å²) in [5.41, 5.74) is 3.20. The second-order valence-corrected chi connectivity index (χ2v) is 14.4. The molecule has 1 heterocycles. The van der Waals surface area contributed by atoms with E-state index >= 15 is 4.39 Å². The van der Waals surface area contributed by atoms with Crippen molar-refractivity contribution in [1.82, 2.24) is 9.88 Å². The highest BCUT2D eigenvalue weighted by molar-refractivity contribution is 9.10. The van der Waals surface area contributed by atoms with Crippen LogP contribution < -0.4 is 5.32 Å². The summed E-state index contributed by atoms with van der Waals surface area (Å²) in [5.74, 6) is 0.275. The van der Waals surface area contributed by atoms with Gasteiger partial charge in [-0.2, -0.15) is 0 Å². The molecule has 3 unspecified atom stereocenters. The van der Waals surface area contributed by atoms with E-state index in [1.807, 2.05) is 52.0 Å². The molecule has 0 bridgehead atoms. The third-order valence-corrected chi connectivity index (χ3v) is 9.24. The van der Waals surface area contributed by atoms with Gasteiger partial charge in [-0.05, 0) is 107 Å². The van der Waals surface area contributed by atoms with Crippen molar-refractivity contribution in [1.29, 1.82) is 0 Å². The van der Waals surface area contributed by atoms with Crippen molar-refractivity contribution in [2.24, 2.45) is 5.92 Å². The third-order valence-electron chi connectivity index (χ3n) is 8.40. The van der Waals surface area contributed by atoms with Crippen molar-refractivity contribution >= 4 is 50.3 Å². The number of methoxy groups -OCH3 is 1. The first-order valence-electron chi connectivity index (χ1n) is 15.6. The monoisotopic (exact) mass is 690 g/mol. The Morgan fingerprint density at radius 2 is 1.89 bits per heavy atom. The molecule has 1 aromatic heterocycles. The number of rotatable bonds is 12. The number of alkyl carbamates (subject to hydrolysis) is 1. The Balaban J connectivity index is 1.50. The van der Waals surface area contributed by atoms with Crippen LogP contribution in [0.4, 0.5) is 9.18 Å². The predicted octanol–water partition coefficient (Wildman–Crippen LogP) is 9.30. The van der Waals surface area contributed by atoms with Gasteiger partial charge in [-0.1, -0.05) is 46.1 Å². The van der Waals surface area contributed by atoms with Gasteiger partial charge >= 0.3 is 6.09 Å². The standard InChI is InChI=1S/C35H45BrClFN2O4/c1-22-31-30(38)15-14-29(37)33(31)40(16-7-17-43-5)32(22)25-9-6-8-24(18-25)20-28(41)21-27(39-34(42)44-35(2,3)4)19-23-10-12-26(36)13-11-23/h10-15,24-25,27H,6-9,16-21H2,1-5H3,(H,39,42). The van der Waals surface area contributed by atoms with Gasteiger partial charge in [-0.25, -0.2) is 9.18 Å². The van der Waals surface area contributed by atoms with Crippen LogP contribution in [0.1, 0.15) is 88.5 Å². The second kappa shape index (κ2) is 15.2. The van der Waals surface area contributed by atoms with E-state index in [1.165, 1.54) is 6.07 Å². The van der Waals surface area contributed by atoms with Crippen molar-refractivity contribution in [2.45, 2.75) is 103 Å². The minimum absolute atomic E-state index is 0.125. The summed E-state index contributed by atoms with van der Waals surface area (Å²) in [7, 11) is 1.68. The number of hydrogen-bond acceptors (Lipinski definition) is 4. The maximum absolute atomic E-state index is 15.1. The molecule has 1 aliphatic carbocycles. The molecule has 1 N–H and O–H groups in total. The van der Waals surface area contributed by atoms with Gasteiger partial charge in [0.05, 0.1) is 10.5 Å². The number of aromatic nitrogens is 1. The topological polar surface area (TPSA) is 69.6 Å². The lowest BCUT2D eigenvalue weighted by atomic mass is 9.76. The Kier molecular flexibility index (Phi) is 11.9. The lowest BCUT2D eigenvalue weighted by Gasteiger charge is -2.31. The Bertz CT molecular complexity index is 1450. The van der Waals surface area contributed by atoms with Crippen molar-refractivity contribution in [3.8, 4) is 0 Å². The van der Waals surface area contributed by atoms with Gasteiger partial charge in [0.2, 0.25) is 0 Å². The first-order valence-corrected chi connectivity index (χ1v) is 16.7. The maximum Gasteiger partial charge on any atom is 0.407 e. The molecule has 1 saturated carbocycles. The van der Waals surface area contributed by atoms with Gasteiger partial charge in [-0.3, -0.25) is 4.79 Å². The van der Waals surface area contributed by atoms with Crippen LogP contribution in [0.15, 0.2) is 40.9 Å². The predicted molar refractivity (Wildman–Crippen MR) is 178 cm³/mol. The number of ether oxygens (including phenoxy) is 2. The van der Waals surface area contributed by atoms with Crippen LogP contribution in [0.3, 0.4) is 0 Å². The number of halogens is 3. The number of fused-ring (bicyclic) bond motifs is 1. The average Bonchev–Trinajstić information content (AvgIpc) is 3.24. The Hall–Kier alpha value is -2.42. The number of aryl methyl sites for hydroxylation is 2. The van der Waals surface area contributed by atoms with E-state index in [4.69, 9.17) is 21.1 Å². The largest absolute Gasteiger partial charge is 0.444 e. The SMILES string of the molecule is COCCCn1c(C2CCCC(CC(=O)CC(Cc3ccc(Br)cc3)NC(=O)OC(C)(C)C)C2)c(C)c2c(F)ccc(Cl)c21. The van der Waals surface area contributed by atoms with E-state index in [0.29, 0.717) is 36.4 Å². The highest BCUT2D eigenvalue weighted by atomic mass is 79.9. The van der Waals surface area contributed by atoms with E-state index in [9.17, 15) is 9.59 Å². The van der Waals surface area contributed by atoms with Crippen molar-refractivity contribution in [3.05, 3.63) is 68.5 Å². The molecule has 0 saturated heterocycles. The molecule has 1 amide bonds. The summed E-state index contributed by atoms with van der Waals surface area (Å²) in [6.45, 7) is 8.75. The molecule has 1 aliphatic rings. The van der Waals surface area contributed by atoms with Crippen LogP contribution in [-0.4, -0.2) is 41.8 Å². The van der Waals surface area contributed by atoms with Crippen LogP contribution in [0, 0.1) is 18.7 Å². The van der Waals surface area contributed by atoms with Crippen molar-refractivity contribution < 1.29 is 23.5 Å². The van der Waals surface area contributed by atoms with Gasteiger partial charge in [0.15, 0.2) is 0 Å². The first-order chi connectivity index (χ1) is 20.9. The van der Waals surface area contributed by atoms with Crippen molar-refractivity contribution in [2.75, 3.05) is 13.7 Å². The molecule has 3 aromatic rings. The fraction of sp³-hybridized carbons (Fsp3) is 0.543. The molecular weight excluding hydrogens is 647 g/mol. The molecule has 0 aliphatic heterocycles. The van der Waals surface area contributed by atoms with Crippen LogP contribution in [0.2, 0.25) is 5.02 Å². The van der Waals surface area contributed by atoms with Gasteiger partial charge in [0.1, 0.15) is 17.2 Å². The zero-order valence-electron chi connectivity index (χ0n) is 26.5. The highest BCUT2D eigenvalue weighted by Crippen LogP contribution is 2.44. The maximum atomic E-state index is 15.1. The van der Waals surface area contributed by atoms with E-state index in [1.54, 1.807) is 13.2 Å². The number of Topliss-reactive ketones (excluding diaryl/α,β-unsaturated/α-hetero) is 1. The number of amides is 1. The number of nitrogens with zero attached hydrogens (tertiary/aromatic N) is 1. The molecule has 44 heavy (non-hydrogen) atoms. The summed E-state index contributed by atoms with van der Waals surface area (Å²) in [6, 6.07) is 10.6. The minimum Gasteiger partial charge on any atom is -0.444 e. The number of nitrogens with one attached hydrogen (secondary N) is 1. The van der Waals surface area contributed by atoms with Crippen LogP contribution in [0.25, 0.3) is 10.9 Å². The van der Waals surface area contributed by atoms with Gasteiger partial charge in [-0.15, -0.1) is 0 Å². The number of ketones is 1. The van der Waals surface area contributed by atoms with Gasteiger partial charge in [0.25, 0.3) is 0 Å². The summed E-state index contributed by atoms with van der Waals surface area (Å²) >= 11 is 10.1. The molecule has 0 radical (unpaired) electrons. The molecule has 1 fully saturated rings. The molecule has 2 aromatic carbocycles. The van der Waals surface area contributed by atoms with E-state index in [2.05, 4.69) is 25.8 Å². The quantitative estimate of drug-likeness (QED) is 0.192.